The first-order valence-corrected chi connectivity index (χ1v) is 6.62. The Morgan fingerprint density at radius 1 is 1.26 bits per heavy atom. The molecule has 6 heteroatoms. The van der Waals surface area contributed by atoms with Crippen molar-refractivity contribution in [2.24, 2.45) is 5.84 Å². The van der Waals surface area contributed by atoms with Crippen LogP contribution in [-0.2, 0) is 5.75 Å². The number of hydrazine groups is 1. The van der Waals surface area contributed by atoms with Crippen molar-refractivity contribution < 1.29 is 4.79 Å². The van der Waals surface area contributed by atoms with Gasteiger partial charge in [-0.15, -0.1) is 0 Å². The molecular weight excluding hydrogens is 260 g/mol. The van der Waals surface area contributed by atoms with Crippen molar-refractivity contribution in [2.45, 2.75) is 10.8 Å². The SMILES string of the molecule is NNC(=O)c1ccc(CSc2ncccc2N)cc1. The van der Waals surface area contributed by atoms with Gasteiger partial charge in [-0.1, -0.05) is 23.9 Å². The van der Waals surface area contributed by atoms with Gasteiger partial charge in [0.1, 0.15) is 5.03 Å². The molecule has 0 saturated heterocycles. The molecule has 1 amide bonds. The minimum absolute atomic E-state index is 0.298. The third-order valence-electron chi connectivity index (χ3n) is 2.52. The van der Waals surface area contributed by atoms with Crippen LogP contribution in [0, 0.1) is 0 Å². The smallest absolute Gasteiger partial charge is 0.265 e. The number of pyridine rings is 1. The number of hydrogen-bond donors (Lipinski definition) is 3. The van der Waals surface area contributed by atoms with Crippen molar-refractivity contribution in [2.75, 3.05) is 5.73 Å². The van der Waals surface area contributed by atoms with Crippen LogP contribution in [-0.4, -0.2) is 10.9 Å². The third-order valence-corrected chi connectivity index (χ3v) is 3.62. The summed E-state index contributed by atoms with van der Waals surface area (Å²) >= 11 is 1.56. The predicted molar refractivity (Wildman–Crippen MR) is 76.3 cm³/mol. The molecule has 0 bridgehead atoms. The van der Waals surface area contributed by atoms with E-state index < -0.39 is 0 Å². The topological polar surface area (TPSA) is 94.0 Å². The number of carbonyl (C=O) groups is 1. The maximum atomic E-state index is 11.3. The monoisotopic (exact) mass is 274 g/mol. The van der Waals surface area contributed by atoms with Crippen LogP contribution in [0.3, 0.4) is 0 Å². The Labute approximate surface area is 115 Å². The Bertz CT molecular complexity index is 571. The molecule has 2 aromatic rings. The molecule has 1 aromatic carbocycles. The van der Waals surface area contributed by atoms with Gasteiger partial charge in [0.2, 0.25) is 0 Å². The van der Waals surface area contributed by atoms with Crippen LogP contribution in [0.4, 0.5) is 5.69 Å². The van der Waals surface area contributed by atoms with Gasteiger partial charge in [0.05, 0.1) is 5.69 Å². The fourth-order valence-electron chi connectivity index (χ4n) is 1.51. The molecule has 5 nitrogen and oxygen atoms in total. The molecule has 0 radical (unpaired) electrons. The molecule has 0 atom stereocenters. The minimum atomic E-state index is -0.298. The largest absolute Gasteiger partial charge is 0.397 e. The van der Waals surface area contributed by atoms with Crippen molar-refractivity contribution in [3.63, 3.8) is 0 Å². The van der Waals surface area contributed by atoms with Crippen molar-refractivity contribution in [3.05, 3.63) is 53.7 Å². The quantitative estimate of drug-likeness (QED) is 0.340. The second-order valence-electron chi connectivity index (χ2n) is 3.86. The van der Waals surface area contributed by atoms with Crippen LogP contribution in [0.5, 0.6) is 0 Å². The van der Waals surface area contributed by atoms with E-state index in [2.05, 4.69) is 10.4 Å². The number of carbonyl (C=O) groups excluding carboxylic acids is 1. The van der Waals surface area contributed by atoms with Gasteiger partial charge in [0, 0.05) is 17.5 Å². The highest BCUT2D eigenvalue weighted by Crippen LogP contribution is 2.25. The van der Waals surface area contributed by atoms with Gasteiger partial charge < -0.3 is 5.73 Å². The molecule has 2 rings (SSSR count). The van der Waals surface area contributed by atoms with Gasteiger partial charge in [-0.25, -0.2) is 10.8 Å². The Balaban J connectivity index is 2.01. The summed E-state index contributed by atoms with van der Waals surface area (Å²) < 4.78 is 0. The van der Waals surface area contributed by atoms with E-state index >= 15 is 0 Å². The molecule has 19 heavy (non-hydrogen) atoms. The summed E-state index contributed by atoms with van der Waals surface area (Å²) in [5.41, 5.74) is 10.2. The highest BCUT2D eigenvalue weighted by molar-refractivity contribution is 7.98. The van der Waals surface area contributed by atoms with E-state index in [9.17, 15) is 4.79 Å². The zero-order chi connectivity index (χ0) is 13.7. The molecule has 0 fully saturated rings. The van der Waals surface area contributed by atoms with Gasteiger partial charge in [0.25, 0.3) is 5.91 Å². The summed E-state index contributed by atoms with van der Waals surface area (Å²) in [6, 6.07) is 10.9. The lowest BCUT2D eigenvalue weighted by atomic mass is 10.1. The van der Waals surface area contributed by atoms with Crippen molar-refractivity contribution in [1.82, 2.24) is 10.4 Å². The second kappa shape index (κ2) is 6.21. The Hall–Kier alpha value is -2.05. The number of nitrogens with two attached hydrogens (primary N) is 2. The number of amides is 1. The number of hydrogen-bond acceptors (Lipinski definition) is 5. The zero-order valence-electron chi connectivity index (χ0n) is 10.2. The minimum Gasteiger partial charge on any atom is -0.397 e. The lowest BCUT2D eigenvalue weighted by Crippen LogP contribution is -2.29. The Morgan fingerprint density at radius 2 is 2.00 bits per heavy atom. The van der Waals surface area contributed by atoms with Crippen LogP contribution in [0.15, 0.2) is 47.6 Å². The van der Waals surface area contributed by atoms with E-state index in [-0.39, 0.29) is 5.91 Å². The molecule has 1 heterocycles. The maximum absolute atomic E-state index is 11.3. The molecule has 5 N–H and O–H groups in total. The first-order chi connectivity index (χ1) is 9.20. The maximum Gasteiger partial charge on any atom is 0.265 e. The van der Waals surface area contributed by atoms with Crippen LogP contribution >= 0.6 is 11.8 Å². The number of nitrogen functional groups attached to an aromatic ring is 2. The number of thioether (sulfide) groups is 1. The lowest BCUT2D eigenvalue weighted by Gasteiger charge is -2.05. The number of benzene rings is 1. The van der Waals surface area contributed by atoms with E-state index in [1.54, 1.807) is 36.2 Å². The lowest BCUT2D eigenvalue weighted by molar-refractivity contribution is 0.0953. The van der Waals surface area contributed by atoms with Gasteiger partial charge in [-0.3, -0.25) is 10.2 Å². The fourth-order valence-corrected chi connectivity index (χ4v) is 2.38. The highest BCUT2D eigenvalue weighted by Gasteiger charge is 2.04. The van der Waals surface area contributed by atoms with Crippen LogP contribution < -0.4 is 17.0 Å². The average molecular weight is 274 g/mol. The first kappa shape index (κ1) is 13.4. The molecule has 0 aliphatic rings. The number of nitrogens with zero attached hydrogens (tertiary/aromatic N) is 1. The standard InChI is InChI=1S/C13H14N4OS/c14-11-2-1-7-16-13(11)19-8-9-3-5-10(6-4-9)12(18)17-15/h1-7H,8,14-15H2,(H,17,18). The molecule has 0 aliphatic heterocycles. The molecule has 0 saturated carbocycles. The van der Waals surface area contributed by atoms with Crippen LogP contribution in [0.25, 0.3) is 0 Å². The number of rotatable bonds is 4. The second-order valence-corrected chi connectivity index (χ2v) is 4.82. The van der Waals surface area contributed by atoms with E-state index in [0.29, 0.717) is 11.3 Å². The van der Waals surface area contributed by atoms with Crippen molar-refractivity contribution in [1.29, 1.82) is 0 Å². The number of aromatic nitrogens is 1. The third kappa shape index (κ3) is 3.46. The Kier molecular flexibility index (Phi) is 4.38. The summed E-state index contributed by atoms with van der Waals surface area (Å²) in [4.78, 5) is 15.5. The van der Waals surface area contributed by atoms with Gasteiger partial charge in [-0.2, -0.15) is 0 Å². The molecule has 0 aliphatic carbocycles. The summed E-state index contributed by atoms with van der Waals surface area (Å²) in [6.45, 7) is 0. The van der Waals surface area contributed by atoms with Crippen molar-refractivity contribution in [3.8, 4) is 0 Å². The van der Waals surface area contributed by atoms with Crippen LogP contribution in [0.1, 0.15) is 15.9 Å². The molecule has 0 unspecified atom stereocenters. The van der Waals surface area contributed by atoms with Gasteiger partial charge in [0.15, 0.2) is 0 Å². The molecule has 1 aromatic heterocycles. The predicted octanol–water partition coefficient (Wildman–Crippen LogP) is 1.56. The Morgan fingerprint density at radius 3 is 2.63 bits per heavy atom. The summed E-state index contributed by atoms with van der Waals surface area (Å²) in [5, 5.41) is 0.811. The van der Waals surface area contributed by atoms with E-state index in [1.807, 2.05) is 18.2 Å². The summed E-state index contributed by atoms with van der Waals surface area (Å²) in [7, 11) is 0. The number of nitrogens with one attached hydrogen (secondary N) is 1. The van der Waals surface area contributed by atoms with E-state index in [4.69, 9.17) is 11.6 Å². The first-order valence-electron chi connectivity index (χ1n) is 5.64. The molecule has 0 spiro atoms. The summed E-state index contributed by atoms with van der Waals surface area (Å²) in [5.74, 6) is 5.51. The highest BCUT2D eigenvalue weighted by atomic mass is 32.2. The fraction of sp³-hybridized carbons (Fsp3) is 0.0769. The van der Waals surface area contributed by atoms with E-state index in [0.717, 1.165) is 16.3 Å². The summed E-state index contributed by atoms with van der Waals surface area (Å²) in [6.07, 6.45) is 1.72. The van der Waals surface area contributed by atoms with Gasteiger partial charge >= 0.3 is 0 Å². The number of anilines is 1. The molecular formula is C13H14N4OS. The van der Waals surface area contributed by atoms with Crippen molar-refractivity contribution >= 4 is 23.4 Å². The average Bonchev–Trinajstić information content (AvgIpc) is 2.46. The zero-order valence-corrected chi connectivity index (χ0v) is 11.0. The van der Waals surface area contributed by atoms with Crippen LogP contribution in [0.2, 0.25) is 0 Å². The van der Waals surface area contributed by atoms with Gasteiger partial charge in [-0.05, 0) is 29.8 Å². The molecule has 98 valence electrons. The van der Waals surface area contributed by atoms with E-state index in [1.165, 1.54) is 0 Å². The normalized spacial score (nSPS) is 10.2.